The molecule has 0 aromatic heterocycles. The van der Waals surface area contributed by atoms with Crippen molar-refractivity contribution in [1.29, 1.82) is 0 Å². The molecule has 2 aliphatic rings. The zero-order valence-electron chi connectivity index (χ0n) is 18.4. The van der Waals surface area contributed by atoms with Crippen LogP contribution in [0.15, 0.2) is 22.7 Å². The minimum absolute atomic E-state index is 0.0840. The van der Waals surface area contributed by atoms with Gasteiger partial charge in [0, 0.05) is 10.5 Å². The van der Waals surface area contributed by atoms with E-state index >= 15 is 0 Å². The van der Waals surface area contributed by atoms with Crippen LogP contribution in [-0.2, 0) is 6.42 Å². The van der Waals surface area contributed by atoms with Gasteiger partial charge < -0.3 is 4.90 Å². The van der Waals surface area contributed by atoms with Gasteiger partial charge in [-0.05, 0) is 113 Å². The lowest BCUT2D eigenvalue weighted by atomic mass is 9.83. The summed E-state index contributed by atoms with van der Waals surface area (Å²) in [6.45, 7) is 4.78. The van der Waals surface area contributed by atoms with Gasteiger partial charge in [0.15, 0.2) is 0 Å². The van der Waals surface area contributed by atoms with Crippen LogP contribution in [-0.4, -0.2) is 54.7 Å². The quantitative estimate of drug-likeness (QED) is 0.363. The second-order valence-electron chi connectivity index (χ2n) is 9.37. The molecule has 0 bridgehead atoms. The van der Waals surface area contributed by atoms with Gasteiger partial charge in [-0.2, -0.15) is 13.2 Å². The van der Waals surface area contributed by atoms with E-state index in [0.29, 0.717) is 18.4 Å². The molecule has 0 spiro atoms. The number of hydrogen-bond acceptors (Lipinski definition) is 2. The molecule has 1 aliphatic carbocycles. The van der Waals surface area contributed by atoms with E-state index < -0.39 is 12.7 Å². The van der Waals surface area contributed by atoms with Crippen LogP contribution in [0.3, 0.4) is 0 Å². The summed E-state index contributed by atoms with van der Waals surface area (Å²) >= 11 is 3.53. The van der Waals surface area contributed by atoms with E-state index in [-0.39, 0.29) is 11.9 Å². The second kappa shape index (κ2) is 11.5. The van der Waals surface area contributed by atoms with Crippen molar-refractivity contribution >= 4 is 15.9 Å². The molecule has 2 fully saturated rings. The molecule has 1 heterocycles. The average molecular weight is 507 g/mol. The van der Waals surface area contributed by atoms with Crippen LogP contribution in [0.2, 0.25) is 0 Å². The van der Waals surface area contributed by atoms with Gasteiger partial charge in [-0.1, -0.05) is 22.9 Å². The van der Waals surface area contributed by atoms with Gasteiger partial charge in [-0.3, -0.25) is 4.90 Å². The molecule has 1 aliphatic heterocycles. The summed E-state index contributed by atoms with van der Waals surface area (Å²) in [7, 11) is 0. The first-order chi connectivity index (χ1) is 14.7. The molecule has 0 unspecified atom stereocenters. The van der Waals surface area contributed by atoms with Crippen molar-refractivity contribution in [2.75, 3.05) is 32.7 Å². The number of benzene rings is 1. The molecule has 1 aromatic rings. The molecular formula is C24H35BrF4N2. The Morgan fingerprint density at radius 3 is 2.32 bits per heavy atom. The van der Waals surface area contributed by atoms with Crippen molar-refractivity contribution in [3.63, 3.8) is 0 Å². The molecule has 0 N–H and O–H groups in total. The van der Waals surface area contributed by atoms with Crippen molar-refractivity contribution < 1.29 is 17.6 Å². The average Bonchev–Trinajstić information content (AvgIpc) is 2.74. The Labute approximate surface area is 192 Å². The first kappa shape index (κ1) is 25.0. The van der Waals surface area contributed by atoms with Gasteiger partial charge in [0.2, 0.25) is 0 Å². The van der Waals surface area contributed by atoms with E-state index in [1.807, 2.05) is 6.92 Å². The predicted octanol–water partition coefficient (Wildman–Crippen LogP) is 6.68. The van der Waals surface area contributed by atoms with Crippen LogP contribution in [0.5, 0.6) is 0 Å². The molecule has 2 nitrogen and oxygen atoms in total. The summed E-state index contributed by atoms with van der Waals surface area (Å²) in [6, 6.07) is 5.00. The minimum atomic E-state index is -4.11. The lowest BCUT2D eigenvalue weighted by Crippen LogP contribution is -2.43. The number of rotatable bonds is 8. The van der Waals surface area contributed by atoms with Crippen LogP contribution in [0.25, 0.3) is 0 Å². The summed E-state index contributed by atoms with van der Waals surface area (Å²) < 4.78 is 52.8. The largest absolute Gasteiger partial charge is 0.401 e. The zero-order valence-corrected chi connectivity index (χ0v) is 20.0. The maximum Gasteiger partial charge on any atom is 0.401 e. The molecule has 31 heavy (non-hydrogen) atoms. The maximum atomic E-state index is 13.5. The summed E-state index contributed by atoms with van der Waals surface area (Å²) in [5, 5.41) is 0. The predicted molar refractivity (Wildman–Crippen MR) is 121 cm³/mol. The van der Waals surface area contributed by atoms with Gasteiger partial charge in [-0.15, -0.1) is 0 Å². The van der Waals surface area contributed by atoms with Crippen LogP contribution in [0.4, 0.5) is 17.6 Å². The molecule has 1 saturated carbocycles. The molecular weight excluding hydrogens is 472 g/mol. The Morgan fingerprint density at radius 2 is 1.71 bits per heavy atom. The first-order valence-corrected chi connectivity index (χ1v) is 12.5. The summed E-state index contributed by atoms with van der Waals surface area (Å²) in [5.74, 6) is 1.06. The van der Waals surface area contributed by atoms with Crippen LogP contribution < -0.4 is 0 Å². The van der Waals surface area contributed by atoms with Crippen LogP contribution in [0, 0.1) is 17.7 Å². The summed E-state index contributed by atoms with van der Waals surface area (Å²) in [5.41, 5.74) is 1.06. The Balaban J connectivity index is 1.34. The van der Waals surface area contributed by atoms with Crippen molar-refractivity contribution in [3.05, 3.63) is 34.1 Å². The monoisotopic (exact) mass is 506 g/mol. The van der Waals surface area contributed by atoms with Crippen molar-refractivity contribution in [2.45, 2.75) is 70.5 Å². The van der Waals surface area contributed by atoms with E-state index in [1.54, 1.807) is 17.0 Å². The topological polar surface area (TPSA) is 6.48 Å². The van der Waals surface area contributed by atoms with Crippen molar-refractivity contribution in [3.8, 4) is 0 Å². The number of hydrogen-bond donors (Lipinski definition) is 0. The minimum Gasteiger partial charge on any atom is -0.303 e. The van der Waals surface area contributed by atoms with Crippen molar-refractivity contribution in [1.82, 2.24) is 9.80 Å². The van der Waals surface area contributed by atoms with Gasteiger partial charge in [0.1, 0.15) is 5.82 Å². The Morgan fingerprint density at radius 1 is 1.03 bits per heavy atom. The molecule has 176 valence electrons. The smallest absolute Gasteiger partial charge is 0.303 e. The second-order valence-corrected chi connectivity index (χ2v) is 10.2. The molecule has 1 saturated heterocycles. The van der Waals surface area contributed by atoms with Crippen molar-refractivity contribution in [2.24, 2.45) is 11.8 Å². The maximum absolute atomic E-state index is 13.5. The fourth-order valence-electron chi connectivity index (χ4n) is 5.32. The molecule has 0 amide bonds. The third kappa shape index (κ3) is 8.01. The van der Waals surface area contributed by atoms with E-state index in [1.165, 1.54) is 6.07 Å². The number of halogens is 5. The highest BCUT2D eigenvalue weighted by Gasteiger charge is 2.34. The molecule has 7 heteroatoms. The Hall–Kier alpha value is -0.660. The van der Waals surface area contributed by atoms with Gasteiger partial charge >= 0.3 is 6.18 Å². The third-order valence-electron chi connectivity index (χ3n) is 7.20. The van der Waals surface area contributed by atoms with Crippen LogP contribution >= 0.6 is 15.9 Å². The van der Waals surface area contributed by atoms with E-state index in [4.69, 9.17) is 0 Å². The summed E-state index contributed by atoms with van der Waals surface area (Å²) in [4.78, 5) is 4.14. The first-order valence-electron chi connectivity index (χ1n) is 11.7. The number of nitrogens with zero attached hydrogens (tertiary/aromatic N) is 2. The third-order valence-corrected chi connectivity index (χ3v) is 7.97. The molecule has 0 radical (unpaired) electrons. The fraction of sp³-hybridized carbons (Fsp3) is 0.750. The van der Waals surface area contributed by atoms with Gasteiger partial charge in [-0.25, -0.2) is 4.39 Å². The highest BCUT2D eigenvalue weighted by molar-refractivity contribution is 9.10. The van der Waals surface area contributed by atoms with E-state index in [0.717, 1.165) is 81.0 Å². The Bertz CT molecular complexity index is 681. The number of likely N-dealkylation sites (tertiary alicyclic amines) is 1. The zero-order chi connectivity index (χ0) is 22.4. The summed E-state index contributed by atoms with van der Waals surface area (Å²) in [6.07, 6.45) is 4.10. The normalized spacial score (nSPS) is 24.1. The fourth-order valence-corrected chi connectivity index (χ4v) is 5.73. The van der Waals surface area contributed by atoms with E-state index in [2.05, 4.69) is 20.8 Å². The Kier molecular flexibility index (Phi) is 9.23. The SMILES string of the molecule is CCN(CC(F)(F)F)[C@H]1CC[C@H](CCN2CCC(Cc3cc(F)ccc3Br)CC2)CC1. The number of alkyl halides is 3. The molecule has 0 atom stereocenters. The highest BCUT2D eigenvalue weighted by Crippen LogP contribution is 2.32. The lowest BCUT2D eigenvalue weighted by Gasteiger charge is -2.38. The van der Waals surface area contributed by atoms with E-state index in [9.17, 15) is 17.6 Å². The number of piperidine rings is 1. The van der Waals surface area contributed by atoms with Gasteiger partial charge in [0.05, 0.1) is 6.54 Å². The molecule has 1 aromatic carbocycles. The van der Waals surface area contributed by atoms with Crippen LogP contribution in [0.1, 0.15) is 57.4 Å². The standard InChI is InChI=1S/C24H35BrF4N2/c1-2-31(17-24(27,28)29)22-6-3-18(4-7-22)9-12-30-13-10-19(11-14-30)15-20-16-21(26)5-8-23(20)25/h5,8,16,18-19,22H,2-4,6-7,9-15,17H2,1H3/t18-,22-. The lowest BCUT2D eigenvalue weighted by molar-refractivity contribution is -0.152. The molecule has 3 rings (SSSR count). The highest BCUT2D eigenvalue weighted by atomic mass is 79.9. The van der Waals surface area contributed by atoms with Gasteiger partial charge in [0.25, 0.3) is 0 Å².